The molecule has 0 bridgehead atoms. The van der Waals surface area contributed by atoms with Crippen molar-refractivity contribution in [1.82, 2.24) is 14.6 Å². The van der Waals surface area contributed by atoms with Gasteiger partial charge in [0.05, 0.1) is 11.9 Å². The van der Waals surface area contributed by atoms with E-state index in [9.17, 15) is 8.78 Å². The first-order valence-corrected chi connectivity index (χ1v) is 5.99. The van der Waals surface area contributed by atoms with Crippen LogP contribution in [-0.4, -0.2) is 14.6 Å². The Morgan fingerprint density at radius 1 is 1.33 bits per heavy atom. The molecule has 0 atom stereocenters. The first-order chi connectivity index (χ1) is 8.67. The van der Waals surface area contributed by atoms with E-state index in [1.165, 1.54) is 15.9 Å². The Labute approximate surface area is 105 Å². The van der Waals surface area contributed by atoms with Crippen molar-refractivity contribution in [2.45, 2.75) is 6.54 Å². The van der Waals surface area contributed by atoms with Crippen molar-refractivity contribution in [3.63, 3.8) is 0 Å². The van der Waals surface area contributed by atoms with Crippen LogP contribution < -0.4 is 5.73 Å². The Morgan fingerprint density at radius 2 is 2.17 bits per heavy atom. The normalized spacial score (nSPS) is 11.3. The molecule has 0 aliphatic carbocycles. The van der Waals surface area contributed by atoms with Crippen LogP contribution in [0.2, 0.25) is 0 Å². The minimum atomic E-state index is -0.513. The van der Waals surface area contributed by atoms with Crippen molar-refractivity contribution in [3.05, 3.63) is 41.0 Å². The van der Waals surface area contributed by atoms with Crippen LogP contribution in [0.25, 0.3) is 16.2 Å². The maximum atomic E-state index is 13.6. The van der Waals surface area contributed by atoms with E-state index in [4.69, 9.17) is 5.73 Å². The van der Waals surface area contributed by atoms with Crippen LogP contribution in [0.5, 0.6) is 0 Å². The molecule has 2 N–H and O–H groups in total. The standard InChI is InChI=1S/C11H8F2N4S/c12-6-1-2-8(13)7(3-6)9-5-17-11(15-9)18-10(4-14)16-17/h1-3,5H,4,14H2. The number of hydrogen-bond acceptors (Lipinski definition) is 4. The molecule has 0 saturated heterocycles. The van der Waals surface area contributed by atoms with Gasteiger partial charge in [-0.05, 0) is 18.2 Å². The summed E-state index contributed by atoms with van der Waals surface area (Å²) in [4.78, 5) is 4.82. The minimum absolute atomic E-state index is 0.127. The summed E-state index contributed by atoms with van der Waals surface area (Å²) in [6, 6.07) is 3.27. The Kier molecular flexibility index (Phi) is 2.57. The third-order valence-electron chi connectivity index (χ3n) is 2.46. The van der Waals surface area contributed by atoms with Gasteiger partial charge in [0, 0.05) is 12.1 Å². The number of rotatable bonds is 2. The number of nitrogens with two attached hydrogens (primary N) is 1. The fraction of sp³-hybridized carbons (Fsp3) is 0.0909. The van der Waals surface area contributed by atoms with Crippen molar-refractivity contribution in [3.8, 4) is 11.3 Å². The molecule has 0 unspecified atom stereocenters. The number of imidazole rings is 1. The SMILES string of the molecule is NCc1nn2cc(-c3cc(F)ccc3F)nc2s1. The van der Waals surface area contributed by atoms with E-state index in [1.54, 1.807) is 6.20 Å². The van der Waals surface area contributed by atoms with Crippen molar-refractivity contribution in [1.29, 1.82) is 0 Å². The molecule has 0 spiro atoms. The maximum absolute atomic E-state index is 13.6. The lowest BCUT2D eigenvalue weighted by atomic mass is 10.1. The molecule has 0 aliphatic rings. The summed E-state index contributed by atoms with van der Waals surface area (Å²) in [7, 11) is 0. The smallest absolute Gasteiger partial charge is 0.212 e. The lowest BCUT2D eigenvalue weighted by Gasteiger charge is -1.98. The van der Waals surface area contributed by atoms with Gasteiger partial charge in [-0.15, -0.1) is 0 Å². The van der Waals surface area contributed by atoms with E-state index in [-0.39, 0.29) is 5.56 Å². The van der Waals surface area contributed by atoms with Gasteiger partial charge in [-0.25, -0.2) is 18.3 Å². The van der Waals surface area contributed by atoms with Crippen LogP contribution in [0.15, 0.2) is 24.4 Å². The number of aromatic nitrogens is 3. The van der Waals surface area contributed by atoms with Gasteiger partial charge < -0.3 is 5.73 Å². The molecule has 18 heavy (non-hydrogen) atoms. The molecule has 2 heterocycles. The monoisotopic (exact) mass is 266 g/mol. The van der Waals surface area contributed by atoms with Gasteiger partial charge >= 0.3 is 0 Å². The first-order valence-electron chi connectivity index (χ1n) is 5.18. The Bertz CT molecular complexity index is 687. The summed E-state index contributed by atoms with van der Waals surface area (Å²) in [5, 5.41) is 4.90. The molecule has 0 fully saturated rings. The molecule has 92 valence electrons. The third-order valence-corrected chi connectivity index (χ3v) is 3.41. The highest BCUT2D eigenvalue weighted by molar-refractivity contribution is 7.16. The largest absolute Gasteiger partial charge is 0.324 e. The zero-order chi connectivity index (χ0) is 12.7. The molecule has 3 aromatic rings. The third kappa shape index (κ3) is 1.77. The number of fused-ring (bicyclic) bond motifs is 1. The van der Waals surface area contributed by atoms with Crippen LogP contribution in [-0.2, 0) is 6.54 Å². The quantitative estimate of drug-likeness (QED) is 0.773. The van der Waals surface area contributed by atoms with Crippen LogP contribution in [0, 0.1) is 11.6 Å². The average molecular weight is 266 g/mol. The van der Waals surface area contributed by atoms with Crippen molar-refractivity contribution < 1.29 is 8.78 Å². The number of hydrogen-bond donors (Lipinski definition) is 1. The first kappa shape index (κ1) is 11.2. The van der Waals surface area contributed by atoms with Crippen molar-refractivity contribution in [2.75, 3.05) is 0 Å². The second-order valence-electron chi connectivity index (χ2n) is 3.68. The second kappa shape index (κ2) is 4.11. The fourth-order valence-electron chi connectivity index (χ4n) is 1.65. The molecular weight excluding hydrogens is 258 g/mol. The molecular formula is C11H8F2N4S. The Hall–Kier alpha value is -1.86. The lowest BCUT2D eigenvalue weighted by Crippen LogP contribution is -1.96. The van der Waals surface area contributed by atoms with Crippen molar-refractivity contribution >= 4 is 16.3 Å². The summed E-state index contributed by atoms with van der Waals surface area (Å²) in [5.41, 5.74) is 5.95. The Morgan fingerprint density at radius 3 is 2.89 bits per heavy atom. The van der Waals surface area contributed by atoms with E-state index in [0.717, 1.165) is 23.2 Å². The van der Waals surface area contributed by atoms with E-state index < -0.39 is 11.6 Å². The van der Waals surface area contributed by atoms with Gasteiger partial charge in [-0.1, -0.05) is 11.3 Å². The van der Waals surface area contributed by atoms with Crippen molar-refractivity contribution in [2.24, 2.45) is 5.73 Å². The van der Waals surface area contributed by atoms with Crippen LogP contribution >= 0.6 is 11.3 Å². The van der Waals surface area contributed by atoms with Gasteiger partial charge in [0.25, 0.3) is 0 Å². The lowest BCUT2D eigenvalue weighted by molar-refractivity contribution is 0.603. The summed E-state index contributed by atoms with van der Waals surface area (Å²) in [6.45, 7) is 0.331. The average Bonchev–Trinajstić information content (AvgIpc) is 2.89. The number of nitrogens with zero attached hydrogens (tertiary/aromatic N) is 3. The molecule has 7 heteroatoms. The predicted octanol–water partition coefficient (Wildman–Crippen LogP) is 2.19. The highest BCUT2D eigenvalue weighted by atomic mass is 32.1. The van der Waals surface area contributed by atoms with Gasteiger partial charge in [0.2, 0.25) is 4.96 Å². The number of benzene rings is 1. The van der Waals surface area contributed by atoms with E-state index in [0.29, 0.717) is 17.2 Å². The summed E-state index contributed by atoms with van der Waals surface area (Å²) >= 11 is 1.32. The van der Waals surface area contributed by atoms with Crippen LogP contribution in [0.3, 0.4) is 0 Å². The maximum Gasteiger partial charge on any atom is 0.212 e. The molecule has 0 saturated carbocycles. The summed E-state index contributed by atoms with van der Waals surface area (Å²) in [6.07, 6.45) is 1.56. The van der Waals surface area contributed by atoms with Crippen LogP contribution in [0.1, 0.15) is 5.01 Å². The van der Waals surface area contributed by atoms with Gasteiger partial charge in [-0.2, -0.15) is 5.10 Å². The molecule has 1 aromatic carbocycles. The van der Waals surface area contributed by atoms with Gasteiger partial charge in [0.15, 0.2) is 0 Å². The van der Waals surface area contributed by atoms with E-state index >= 15 is 0 Å². The Balaban J connectivity index is 2.13. The number of halogens is 2. The van der Waals surface area contributed by atoms with E-state index in [1.807, 2.05) is 0 Å². The summed E-state index contributed by atoms with van der Waals surface area (Å²) < 4.78 is 28.2. The minimum Gasteiger partial charge on any atom is -0.324 e. The highest BCUT2D eigenvalue weighted by Gasteiger charge is 2.13. The fourth-order valence-corrected chi connectivity index (χ4v) is 2.40. The summed E-state index contributed by atoms with van der Waals surface area (Å²) in [5.74, 6) is -1.01. The second-order valence-corrected chi connectivity index (χ2v) is 4.72. The topological polar surface area (TPSA) is 56.2 Å². The predicted molar refractivity (Wildman–Crippen MR) is 64.1 cm³/mol. The molecule has 0 amide bonds. The van der Waals surface area contributed by atoms with Crippen LogP contribution in [0.4, 0.5) is 8.78 Å². The molecule has 3 rings (SSSR count). The zero-order valence-corrected chi connectivity index (χ0v) is 9.92. The van der Waals surface area contributed by atoms with E-state index in [2.05, 4.69) is 10.1 Å². The molecule has 4 nitrogen and oxygen atoms in total. The molecule has 2 aromatic heterocycles. The zero-order valence-electron chi connectivity index (χ0n) is 9.10. The molecule has 0 radical (unpaired) electrons. The highest BCUT2D eigenvalue weighted by Crippen LogP contribution is 2.25. The van der Waals surface area contributed by atoms with Gasteiger partial charge in [-0.3, -0.25) is 0 Å². The van der Waals surface area contributed by atoms with Gasteiger partial charge in [0.1, 0.15) is 16.6 Å². The molecule has 0 aliphatic heterocycles.